The maximum atomic E-state index is 11.0. The average Bonchev–Trinajstić information content (AvgIpc) is 2.05. The Balaban J connectivity index is 2.81. The Bertz CT molecular complexity index is 179. The van der Waals surface area contributed by atoms with E-state index in [4.69, 9.17) is 9.84 Å². The van der Waals surface area contributed by atoms with Gasteiger partial charge >= 0.3 is 5.97 Å². The standard InChI is InChI=1S/C9H16O3/c1-7-5-3-4-6-9(7,12-2)8(10)11/h7H,3-6H2,1-2H3,(H,10,11). The van der Waals surface area contributed by atoms with Crippen LogP contribution in [0.25, 0.3) is 0 Å². The Hall–Kier alpha value is -0.570. The highest BCUT2D eigenvalue weighted by Gasteiger charge is 2.45. The lowest BCUT2D eigenvalue weighted by Gasteiger charge is -2.37. The fourth-order valence-corrected chi connectivity index (χ4v) is 2.03. The van der Waals surface area contributed by atoms with E-state index in [2.05, 4.69) is 0 Å². The van der Waals surface area contributed by atoms with Crippen molar-refractivity contribution in [3.8, 4) is 0 Å². The lowest BCUT2D eigenvalue weighted by atomic mass is 9.76. The molecule has 0 spiro atoms. The van der Waals surface area contributed by atoms with Crippen LogP contribution >= 0.6 is 0 Å². The molecule has 0 aromatic rings. The summed E-state index contributed by atoms with van der Waals surface area (Å²) in [6.45, 7) is 1.96. The van der Waals surface area contributed by atoms with E-state index < -0.39 is 11.6 Å². The van der Waals surface area contributed by atoms with Crippen LogP contribution in [-0.2, 0) is 9.53 Å². The number of methoxy groups -OCH3 is 1. The molecule has 0 saturated heterocycles. The molecule has 12 heavy (non-hydrogen) atoms. The highest BCUT2D eigenvalue weighted by atomic mass is 16.5. The first-order chi connectivity index (χ1) is 5.63. The van der Waals surface area contributed by atoms with Gasteiger partial charge in [0.2, 0.25) is 0 Å². The monoisotopic (exact) mass is 172 g/mol. The van der Waals surface area contributed by atoms with Gasteiger partial charge in [0.1, 0.15) is 0 Å². The van der Waals surface area contributed by atoms with Crippen LogP contribution in [0.15, 0.2) is 0 Å². The van der Waals surface area contributed by atoms with Crippen LogP contribution in [0.5, 0.6) is 0 Å². The van der Waals surface area contributed by atoms with Gasteiger partial charge in [-0.05, 0) is 25.2 Å². The zero-order valence-corrected chi connectivity index (χ0v) is 7.67. The van der Waals surface area contributed by atoms with Gasteiger partial charge in [-0.1, -0.05) is 13.3 Å². The van der Waals surface area contributed by atoms with Gasteiger partial charge in [-0.2, -0.15) is 0 Å². The molecule has 0 aromatic carbocycles. The minimum absolute atomic E-state index is 0.133. The molecular formula is C9H16O3. The van der Waals surface area contributed by atoms with Gasteiger partial charge < -0.3 is 9.84 Å². The zero-order valence-electron chi connectivity index (χ0n) is 7.67. The Morgan fingerprint density at radius 1 is 1.58 bits per heavy atom. The Morgan fingerprint density at radius 2 is 2.25 bits per heavy atom. The van der Waals surface area contributed by atoms with Crippen LogP contribution in [-0.4, -0.2) is 23.8 Å². The smallest absolute Gasteiger partial charge is 0.336 e. The molecule has 1 aliphatic rings. The molecule has 0 aromatic heterocycles. The highest BCUT2D eigenvalue weighted by molar-refractivity contribution is 5.78. The summed E-state index contributed by atoms with van der Waals surface area (Å²) in [6.07, 6.45) is 3.70. The topological polar surface area (TPSA) is 46.5 Å². The van der Waals surface area contributed by atoms with Gasteiger partial charge in [0.05, 0.1) is 0 Å². The van der Waals surface area contributed by atoms with E-state index in [-0.39, 0.29) is 5.92 Å². The van der Waals surface area contributed by atoms with Crippen molar-refractivity contribution in [3.63, 3.8) is 0 Å². The molecule has 1 saturated carbocycles. The average molecular weight is 172 g/mol. The van der Waals surface area contributed by atoms with Gasteiger partial charge in [0, 0.05) is 7.11 Å². The van der Waals surface area contributed by atoms with Crippen LogP contribution in [0, 0.1) is 5.92 Å². The minimum Gasteiger partial charge on any atom is -0.479 e. The van der Waals surface area contributed by atoms with Crippen molar-refractivity contribution in [1.82, 2.24) is 0 Å². The van der Waals surface area contributed by atoms with Crippen molar-refractivity contribution in [1.29, 1.82) is 0 Å². The number of hydrogen-bond acceptors (Lipinski definition) is 2. The fourth-order valence-electron chi connectivity index (χ4n) is 2.03. The molecule has 2 atom stereocenters. The molecule has 1 aliphatic carbocycles. The molecule has 1 rings (SSSR count). The van der Waals surface area contributed by atoms with Gasteiger partial charge in [-0.15, -0.1) is 0 Å². The Labute approximate surface area is 72.7 Å². The summed E-state index contributed by atoms with van der Waals surface area (Å²) in [4.78, 5) is 11.0. The summed E-state index contributed by atoms with van der Waals surface area (Å²) in [7, 11) is 1.50. The number of rotatable bonds is 2. The minimum atomic E-state index is -0.905. The SMILES string of the molecule is COC1(C(=O)O)CCCCC1C. The second-order valence-electron chi connectivity index (χ2n) is 3.55. The van der Waals surface area contributed by atoms with Crippen LogP contribution in [0.2, 0.25) is 0 Å². The van der Waals surface area contributed by atoms with Gasteiger partial charge in [0.15, 0.2) is 5.60 Å². The molecule has 2 unspecified atom stereocenters. The molecule has 1 N–H and O–H groups in total. The number of carbonyl (C=O) groups is 1. The molecule has 0 aliphatic heterocycles. The van der Waals surface area contributed by atoms with Gasteiger partial charge in [0.25, 0.3) is 0 Å². The van der Waals surface area contributed by atoms with Crippen molar-refractivity contribution < 1.29 is 14.6 Å². The Kier molecular flexibility index (Phi) is 2.73. The summed E-state index contributed by atoms with van der Waals surface area (Å²) in [6, 6.07) is 0. The van der Waals surface area contributed by atoms with E-state index in [0.717, 1.165) is 19.3 Å². The van der Waals surface area contributed by atoms with Crippen molar-refractivity contribution >= 4 is 5.97 Å². The summed E-state index contributed by atoms with van der Waals surface area (Å²) >= 11 is 0. The molecule has 3 nitrogen and oxygen atoms in total. The van der Waals surface area contributed by atoms with Crippen molar-refractivity contribution in [2.45, 2.75) is 38.2 Å². The lowest BCUT2D eigenvalue weighted by molar-refractivity contribution is -0.173. The fraction of sp³-hybridized carbons (Fsp3) is 0.889. The van der Waals surface area contributed by atoms with Gasteiger partial charge in [-0.3, -0.25) is 0 Å². The molecule has 0 bridgehead atoms. The van der Waals surface area contributed by atoms with Crippen molar-refractivity contribution in [2.24, 2.45) is 5.92 Å². The van der Waals surface area contributed by atoms with Crippen LogP contribution in [0.1, 0.15) is 32.6 Å². The van der Waals surface area contributed by atoms with Crippen LogP contribution in [0.3, 0.4) is 0 Å². The number of aliphatic carboxylic acids is 1. The first-order valence-electron chi connectivity index (χ1n) is 4.42. The maximum Gasteiger partial charge on any atom is 0.336 e. The third kappa shape index (κ3) is 1.33. The summed E-state index contributed by atoms with van der Waals surface area (Å²) in [5, 5.41) is 9.03. The number of hydrogen-bond donors (Lipinski definition) is 1. The number of ether oxygens (including phenoxy) is 1. The summed E-state index contributed by atoms with van der Waals surface area (Å²) < 4.78 is 5.15. The molecule has 0 radical (unpaired) electrons. The van der Waals surface area contributed by atoms with E-state index in [1.807, 2.05) is 6.92 Å². The molecule has 0 amide bonds. The lowest BCUT2D eigenvalue weighted by Crippen LogP contribution is -2.48. The third-order valence-electron chi connectivity index (χ3n) is 2.96. The quantitative estimate of drug-likeness (QED) is 0.689. The molecule has 1 fully saturated rings. The molecule has 3 heteroatoms. The summed E-state index contributed by atoms with van der Waals surface area (Å²) in [5.74, 6) is -0.675. The predicted octanol–water partition coefficient (Wildman–Crippen LogP) is 1.67. The second kappa shape index (κ2) is 3.44. The number of carboxylic acid groups (broad SMARTS) is 1. The van der Waals surface area contributed by atoms with Crippen LogP contribution < -0.4 is 0 Å². The largest absolute Gasteiger partial charge is 0.479 e. The first kappa shape index (κ1) is 9.52. The third-order valence-corrected chi connectivity index (χ3v) is 2.96. The normalized spacial score (nSPS) is 36.3. The van der Waals surface area contributed by atoms with E-state index in [1.54, 1.807) is 0 Å². The second-order valence-corrected chi connectivity index (χ2v) is 3.55. The molecular weight excluding hydrogens is 156 g/mol. The Morgan fingerprint density at radius 3 is 2.58 bits per heavy atom. The predicted molar refractivity (Wildman–Crippen MR) is 45.0 cm³/mol. The first-order valence-corrected chi connectivity index (χ1v) is 4.42. The zero-order chi connectivity index (χ0) is 9.19. The van der Waals surface area contributed by atoms with E-state index in [9.17, 15) is 4.79 Å². The van der Waals surface area contributed by atoms with Crippen LogP contribution in [0.4, 0.5) is 0 Å². The number of carboxylic acids is 1. The van der Waals surface area contributed by atoms with E-state index in [0.29, 0.717) is 6.42 Å². The van der Waals surface area contributed by atoms with E-state index >= 15 is 0 Å². The molecule has 0 heterocycles. The molecule has 70 valence electrons. The highest BCUT2D eigenvalue weighted by Crippen LogP contribution is 2.36. The van der Waals surface area contributed by atoms with Gasteiger partial charge in [-0.25, -0.2) is 4.79 Å². The maximum absolute atomic E-state index is 11.0. The summed E-state index contributed by atoms with van der Waals surface area (Å²) in [5.41, 5.74) is -0.905. The van der Waals surface area contributed by atoms with E-state index in [1.165, 1.54) is 7.11 Å². The van der Waals surface area contributed by atoms with Crippen molar-refractivity contribution in [3.05, 3.63) is 0 Å². The van der Waals surface area contributed by atoms with Crippen molar-refractivity contribution in [2.75, 3.05) is 7.11 Å².